The molecule has 1 unspecified atom stereocenters. The predicted octanol–water partition coefficient (Wildman–Crippen LogP) is 3.60. The highest BCUT2D eigenvalue weighted by Crippen LogP contribution is 2.30. The number of amides is 1. The van der Waals surface area contributed by atoms with Gasteiger partial charge in [0.15, 0.2) is 5.84 Å². The molecule has 3 aromatic rings. The summed E-state index contributed by atoms with van der Waals surface area (Å²) < 4.78 is 28.8. The van der Waals surface area contributed by atoms with E-state index in [0.29, 0.717) is 31.0 Å². The second-order valence-electron chi connectivity index (χ2n) is 8.34. The highest BCUT2D eigenvalue weighted by molar-refractivity contribution is 7.90. The van der Waals surface area contributed by atoms with Crippen LogP contribution in [0.2, 0.25) is 0 Å². The number of fused-ring (bicyclic) bond motifs is 1. The van der Waals surface area contributed by atoms with Crippen LogP contribution >= 0.6 is 11.3 Å². The Morgan fingerprint density at radius 3 is 2.73 bits per heavy atom. The molecule has 1 atom stereocenters. The maximum atomic E-state index is 12.9. The first kappa shape index (κ1) is 21.8. The molecular formula is C24H24N4O3S2. The number of nitrogens with one attached hydrogen (secondary N) is 1. The zero-order chi connectivity index (χ0) is 23.0. The highest BCUT2D eigenvalue weighted by atomic mass is 32.2. The summed E-state index contributed by atoms with van der Waals surface area (Å²) in [7, 11) is -3.67. The average molecular weight is 481 g/mol. The van der Waals surface area contributed by atoms with Crippen LogP contribution in [-0.4, -0.2) is 43.1 Å². The summed E-state index contributed by atoms with van der Waals surface area (Å²) in [5.74, 6) is 0.221. The monoisotopic (exact) mass is 480 g/mol. The highest BCUT2D eigenvalue weighted by Gasteiger charge is 2.35. The fraction of sp³-hybridized carbons (Fsp3) is 0.292. The third-order valence-electron chi connectivity index (χ3n) is 6.04. The average Bonchev–Trinajstić information content (AvgIpc) is 3.39. The van der Waals surface area contributed by atoms with Crippen LogP contribution in [0.25, 0.3) is 11.3 Å². The van der Waals surface area contributed by atoms with Crippen molar-refractivity contribution in [2.24, 2.45) is 10.3 Å². The van der Waals surface area contributed by atoms with Gasteiger partial charge < -0.3 is 10.2 Å². The number of benzene rings is 2. The molecule has 9 heteroatoms. The minimum atomic E-state index is -3.67. The van der Waals surface area contributed by atoms with E-state index >= 15 is 0 Å². The normalized spacial score (nSPS) is 19.1. The van der Waals surface area contributed by atoms with E-state index in [1.807, 2.05) is 47.5 Å². The maximum absolute atomic E-state index is 12.9. The van der Waals surface area contributed by atoms with E-state index in [2.05, 4.69) is 14.7 Å². The molecule has 0 bridgehead atoms. The molecule has 5 rings (SSSR count). The van der Waals surface area contributed by atoms with Gasteiger partial charge in [0.1, 0.15) is 4.90 Å². The van der Waals surface area contributed by atoms with Gasteiger partial charge in [-0.2, -0.15) is 8.42 Å². The first-order valence-electron chi connectivity index (χ1n) is 10.9. The van der Waals surface area contributed by atoms with E-state index in [1.165, 1.54) is 0 Å². The molecule has 1 aromatic heterocycles. The predicted molar refractivity (Wildman–Crippen MR) is 129 cm³/mol. The molecule has 0 saturated carbocycles. The van der Waals surface area contributed by atoms with Crippen LogP contribution in [-0.2, 0) is 21.4 Å². The molecule has 33 heavy (non-hydrogen) atoms. The van der Waals surface area contributed by atoms with Crippen molar-refractivity contribution in [2.75, 3.05) is 13.1 Å². The number of rotatable bonds is 4. The SMILES string of the molecule is Cc1nc(-c2ccc(CNC(=O)C3CCCN(C4=NS(=O)(=O)c5ccccc54)C3)cc2)cs1. The Kier molecular flexibility index (Phi) is 5.76. The van der Waals surface area contributed by atoms with Gasteiger partial charge >= 0.3 is 0 Å². The van der Waals surface area contributed by atoms with E-state index < -0.39 is 10.0 Å². The minimum absolute atomic E-state index is 0.0198. The molecule has 2 aliphatic heterocycles. The zero-order valence-corrected chi connectivity index (χ0v) is 19.8. The molecule has 1 fully saturated rings. The second-order valence-corrected chi connectivity index (χ2v) is 11.0. The summed E-state index contributed by atoms with van der Waals surface area (Å²) in [5, 5.41) is 6.12. The molecule has 170 valence electrons. The van der Waals surface area contributed by atoms with E-state index in [4.69, 9.17) is 0 Å². The van der Waals surface area contributed by atoms with E-state index in [9.17, 15) is 13.2 Å². The number of hydrogen-bond acceptors (Lipinski definition) is 6. The van der Waals surface area contributed by atoms with Crippen LogP contribution in [0.1, 0.15) is 29.0 Å². The second kappa shape index (κ2) is 8.72. The number of amidine groups is 1. The number of hydrogen-bond donors (Lipinski definition) is 1. The van der Waals surface area contributed by atoms with Crippen molar-refractivity contribution in [3.8, 4) is 11.3 Å². The summed E-state index contributed by atoms with van der Waals surface area (Å²) in [5.41, 5.74) is 3.67. The lowest BCUT2D eigenvalue weighted by atomic mass is 9.96. The van der Waals surface area contributed by atoms with Gasteiger partial charge in [-0.25, -0.2) is 4.98 Å². The summed E-state index contributed by atoms with van der Waals surface area (Å²) in [6, 6.07) is 14.9. The quantitative estimate of drug-likeness (QED) is 0.616. The third-order valence-corrected chi connectivity index (χ3v) is 8.14. The smallest absolute Gasteiger partial charge is 0.285 e. The lowest BCUT2D eigenvalue weighted by Crippen LogP contribution is -2.45. The van der Waals surface area contributed by atoms with E-state index in [-0.39, 0.29) is 16.7 Å². The van der Waals surface area contributed by atoms with Crippen molar-refractivity contribution in [3.63, 3.8) is 0 Å². The Morgan fingerprint density at radius 1 is 1.18 bits per heavy atom. The molecule has 3 heterocycles. The Bertz CT molecular complexity index is 1330. The third kappa shape index (κ3) is 4.43. The molecule has 0 spiro atoms. The summed E-state index contributed by atoms with van der Waals surface area (Å²) in [4.78, 5) is 19.6. The van der Waals surface area contributed by atoms with Crippen molar-refractivity contribution >= 4 is 33.1 Å². The van der Waals surface area contributed by atoms with Gasteiger partial charge in [-0.15, -0.1) is 15.7 Å². The van der Waals surface area contributed by atoms with Crippen molar-refractivity contribution in [1.82, 2.24) is 15.2 Å². The first-order chi connectivity index (χ1) is 15.9. The number of likely N-dealkylation sites (tertiary alicyclic amines) is 1. The fourth-order valence-corrected chi connectivity index (χ4v) is 6.17. The molecule has 1 saturated heterocycles. The number of sulfonamides is 1. The topological polar surface area (TPSA) is 91.7 Å². The first-order valence-corrected chi connectivity index (χ1v) is 13.2. The Hall–Kier alpha value is -3.04. The van der Waals surface area contributed by atoms with Crippen LogP contribution < -0.4 is 5.32 Å². The molecule has 0 radical (unpaired) electrons. The van der Waals surface area contributed by atoms with Gasteiger partial charge in [-0.3, -0.25) is 4.79 Å². The standard InChI is InChI=1S/C24H24N4O3S2/c1-16-26-21(15-32-16)18-10-8-17(9-11-18)13-25-24(29)19-5-4-12-28(14-19)23-20-6-2-3-7-22(20)33(30,31)27-23/h2-3,6-11,15,19H,4-5,12-14H2,1H3,(H,25,29). The van der Waals surface area contributed by atoms with Crippen LogP contribution in [0, 0.1) is 12.8 Å². The summed E-state index contributed by atoms with van der Waals surface area (Å²) in [6.07, 6.45) is 1.58. The number of aryl methyl sites for hydroxylation is 1. The number of carbonyl (C=O) groups excluding carboxylic acids is 1. The van der Waals surface area contributed by atoms with E-state index in [1.54, 1.807) is 29.5 Å². The number of carbonyl (C=O) groups is 1. The number of nitrogens with zero attached hydrogens (tertiary/aromatic N) is 3. The Balaban J connectivity index is 1.22. The van der Waals surface area contributed by atoms with Crippen molar-refractivity contribution < 1.29 is 13.2 Å². The molecule has 2 aliphatic rings. The van der Waals surface area contributed by atoms with Gasteiger partial charge in [0.05, 0.1) is 16.6 Å². The maximum Gasteiger partial charge on any atom is 0.285 e. The summed E-state index contributed by atoms with van der Waals surface area (Å²) in [6.45, 7) is 3.58. The Labute approximate surface area is 197 Å². The number of piperidine rings is 1. The van der Waals surface area contributed by atoms with E-state index in [0.717, 1.165) is 34.7 Å². The van der Waals surface area contributed by atoms with Crippen molar-refractivity contribution in [1.29, 1.82) is 0 Å². The molecule has 0 aliphatic carbocycles. The molecule has 2 aromatic carbocycles. The van der Waals surface area contributed by atoms with Gasteiger partial charge in [-0.05, 0) is 37.5 Å². The van der Waals surface area contributed by atoms with Crippen LogP contribution in [0.4, 0.5) is 0 Å². The number of thiazole rings is 1. The Morgan fingerprint density at radius 2 is 1.97 bits per heavy atom. The largest absolute Gasteiger partial charge is 0.355 e. The van der Waals surface area contributed by atoms with Gasteiger partial charge in [0.25, 0.3) is 10.0 Å². The molecule has 7 nitrogen and oxygen atoms in total. The van der Waals surface area contributed by atoms with Gasteiger partial charge in [0.2, 0.25) is 5.91 Å². The van der Waals surface area contributed by atoms with Crippen molar-refractivity contribution in [3.05, 3.63) is 70.0 Å². The van der Waals surface area contributed by atoms with Crippen LogP contribution in [0.15, 0.2) is 63.2 Å². The molecule has 1 N–H and O–H groups in total. The lowest BCUT2D eigenvalue weighted by Gasteiger charge is -2.33. The lowest BCUT2D eigenvalue weighted by molar-refractivity contribution is -0.126. The van der Waals surface area contributed by atoms with Gasteiger partial charge in [-0.1, -0.05) is 36.4 Å². The van der Waals surface area contributed by atoms with Gasteiger partial charge in [0, 0.05) is 36.1 Å². The number of aromatic nitrogens is 1. The van der Waals surface area contributed by atoms with Crippen molar-refractivity contribution in [2.45, 2.75) is 31.2 Å². The molecular weight excluding hydrogens is 456 g/mol. The minimum Gasteiger partial charge on any atom is -0.355 e. The fourth-order valence-electron chi connectivity index (χ4n) is 4.32. The van der Waals surface area contributed by atoms with Crippen LogP contribution in [0.3, 0.4) is 0 Å². The zero-order valence-electron chi connectivity index (χ0n) is 18.2. The molecule has 1 amide bonds. The summed E-state index contributed by atoms with van der Waals surface area (Å²) >= 11 is 1.62. The van der Waals surface area contributed by atoms with Crippen LogP contribution in [0.5, 0.6) is 0 Å².